The maximum atomic E-state index is 12.8. The fraction of sp³-hybridized carbons (Fsp3) is 0.667. The van der Waals surface area contributed by atoms with Crippen LogP contribution in [0.5, 0.6) is 0 Å². The summed E-state index contributed by atoms with van der Waals surface area (Å²) in [6.07, 6.45) is 79.9. The van der Waals surface area contributed by atoms with Crippen molar-refractivity contribution in [3.8, 4) is 0 Å². The van der Waals surface area contributed by atoms with Gasteiger partial charge in [-0.1, -0.05) is 238 Å². The van der Waals surface area contributed by atoms with Gasteiger partial charge in [-0.3, -0.25) is 18.6 Å². The second-order valence-electron chi connectivity index (χ2n) is 21.0. The molecule has 10 heteroatoms. The van der Waals surface area contributed by atoms with Crippen molar-refractivity contribution in [2.24, 2.45) is 0 Å². The molecule has 2 atom stereocenters. The monoisotopic (exact) mass is 1080 g/mol. The molecule has 0 saturated carbocycles. The van der Waals surface area contributed by atoms with Gasteiger partial charge in [0, 0.05) is 12.8 Å². The number of likely N-dealkylation sites (N-methyl/N-ethyl adjacent to an activating group) is 1. The lowest BCUT2D eigenvalue weighted by Gasteiger charge is -2.24. The maximum Gasteiger partial charge on any atom is 0.472 e. The predicted molar refractivity (Wildman–Crippen MR) is 325 cm³/mol. The minimum atomic E-state index is -4.40. The molecule has 0 spiro atoms. The summed E-state index contributed by atoms with van der Waals surface area (Å²) >= 11 is 0. The molecule has 0 fully saturated rings. The Kier molecular flexibility index (Phi) is 53.5. The standard InChI is InChI=1S/C66H112NO8P/c1-6-8-10-12-14-16-18-20-22-24-25-26-27-28-29-30-31-32-33-34-35-36-37-38-39-40-41-43-45-47-49-51-53-55-57-59-66(69)75-64(63-74-76(70,71)73-61-60-67(3,4)5)62-72-65(68)58-56-54-52-50-48-46-44-42-23-21-19-17-15-13-11-9-7-2/h8-11,14-17,20-23,25-26,28-29,31-32,34-35,64H,6-7,12-13,18-19,24,27,30,33,36-63H2,1-5H3/p+1/b10-8-,11-9-,16-14-,17-15-,22-20-,23-21-,26-25-,29-28-,32-31-,35-34-. The van der Waals surface area contributed by atoms with E-state index >= 15 is 0 Å². The molecular formula is C66H113NO8P+. The van der Waals surface area contributed by atoms with Crippen LogP contribution in [0.4, 0.5) is 0 Å². The van der Waals surface area contributed by atoms with Crippen molar-refractivity contribution in [2.75, 3.05) is 47.5 Å². The lowest BCUT2D eigenvalue weighted by atomic mass is 10.0. The predicted octanol–water partition coefficient (Wildman–Crippen LogP) is 19.1. The summed E-state index contributed by atoms with van der Waals surface area (Å²) in [7, 11) is 1.46. The van der Waals surface area contributed by atoms with Crippen molar-refractivity contribution in [3.05, 3.63) is 122 Å². The third kappa shape index (κ3) is 59.7. The number of esters is 2. The number of nitrogens with zero attached hydrogens (tertiary/aromatic N) is 1. The molecule has 0 aromatic rings. The average molecular weight is 1080 g/mol. The normalized spacial score (nSPS) is 14.1. The van der Waals surface area contributed by atoms with E-state index in [9.17, 15) is 19.0 Å². The number of phosphoric acid groups is 1. The summed E-state index contributed by atoms with van der Waals surface area (Å²) < 4.78 is 34.6. The number of rotatable bonds is 54. The number of allylic oxidation sites excluding steroid dienone is 20. The van der Waals surface area contributed by atoms with E-state index in [4.69, 9.17) is 18.5 Å². The van der Waals surface area contributed by atoms with Crippen molar-refractivity contribution in [1.29, 1.82) is 0 Å². The highest BCUT2D eigenvalue weighted by molar-refractivity contribution is 7.47. The van der Waals surface area contributed by atoms with Gasteiger partial charge in [0.1, 0.15) is 19.8 Å². The number of phosphoric ester groups is 1. The number of quaternary nitrogens is 1. The van der Waals surface area contributed by atoms with E-state index in [2.05, 4.69) is 135 Å². The fourth-order valence-corrected chi connectivity index (χ4v) is 8.63. The lowest BCUT2D eigenvalue weighted by Crippen LogP contribution is -2.37. The highest BCUT2D eigenvalue weighted by Crippen LogP contribution is 2.43. The molecule has 2 unspecified atom stereocenters. The summed E-state index contributed by atoms with van der Waals surface area (Å²) in [4.78, 5) is 35.7. The van der Waals surface area contributed by atoms with E-state index in [1.807, 2.05) is 21.1 Å². The third-order valence-corrected chi connectivity index (χ3v) is 13.5. The molecule has 0 aromatic carbocycles. The molecule has 0 saturated heterocycles. The molecule has 0 bridgehead atoms. The Balaban J connectivity index is 4.11. The first kappa shape index (κ1) is 72.4. The number of hydrogen-bond donors (Lipinski definition) is 1. The number of ether oxygens (including phenoxy) is 2. The van der Waals surface area contributed by atoms with Gasteiger partial charge in [0.05, 0.1) is 27.7 Å². The topological polar surface area (TPSA) is 108 Å². The number of carbonyl (C=O) groups excluding carboxylic acids is 2. The number of carbonyl (C=O) groups is 2. The van der Waals surface area contributed by atoms with Gasteiger partial charge < -0.3 is 18.9 Å². The van der Waals surface area contributed by atoms with Crippen molar-refractivity contribution in [3.63, 3.8) is 0 Å². The number of unbranched alkanes of at least 4 members (excludes halogenated alkanes) is 20. The van der Waals surface area contributed by atoms with Crippen LogP contribution in [0.1, 0.15) is 232 Å². The molecule has 9 nitrogen and oxygen atoms in total. The molecule has 434 valence electrons. The van der Waals surface area contributed by atoms with Gasteiger partial charge in [0.2, 0.25) is 0 Å². The zero-order chi connectivity index (χ0) is 55.6. The molecule has 0 heterocycles. The van der Waals surface area contributed by atoms with Crippen molar-refractivity contribution in [2.45, 2.75) is 238 Å². The Bertz CT molecular complexity index is 1700. The van der Waals surface area contributed by atoms with Crippen molar-refractivity contribution in [1.82, 2.24) is 0 Å². The summed E-state index contributed by atoms with van der Waals surface area (Å²) in [5.74, 6) is -0.814. The van der Waals surface area contributed by atoms with Crippen LogP contribution in [0.15, 0.2) is 122 Å². The van der Waals surface area contributed by atoms with Gasteiger partial charge in [-0.15, -0.1) is 0 Å². The molecule has 0 aromatic heterocycles. The third-order valence-electron chi connectivity index (χ3n) is 12.5. The highest BCUT2D eigenvalue weighted by Gasteiger charge is 2.27. The second kappa shape index (κ2) is 56.1. The van der Waals surface area contributed by atoms with E-state index in [1.165, 1.54) is 83.5 Å². The molecule has 0 aliphatic heterocycles. The van der Waals surface area contributed by atoms with Gasteiger partial charge >= 0.3 is 19.8 Å². The largest absolute Gasteiger partial charge is 0.472 e. The van der Waals surface area contributed by atoms with E-state index in [1.54, 1.807) is 0 Å². The summed E-state index contributed by atoms with van der Waals surface area (Å²) in [5.41, 5.74) is 0. The van der Waals surface area contributed by atoms with Crippen LogP contribution in [0, 0.1) is 0 Å². The number of hydrogen-bond acceptors (Lipinski definition) is 7. The second-order valence-corrected chi connectivity index (χ2v) is 22.4. The Hall–Kier alpha value is -3.59. The van der Waals surface area contributed by atoms with Gasteiger partial charge in [-0.2, -0.15) is 0 Å². The minimum Gasteiger partial charge on any atom is -0.462 e. The van der Waals surface area contributed by atoms with Crippen LogP contribution in [0.2, 0.25) is 0 Å². The quantitative estimate of drug-likeness (QED) is 0.0211. The molecule has 0 amide bonds. The van der Waals surface area contributed by atoms with Gasteiger partial charge in [-0.05, 0) is 103 Å². The first-order valence-corrected chi connectivity index (χ1v) is 31.8. The first-order valence-electron chi connectivity index (χ1n) is 30.3. The van der Waals surface area contributed by atoms with Gasteiger partial charge in [0.25, 0.3) is 0 Å². The first-order chi connectivity index (χ1) is 37.0. The Morgan fingerprint density at radius 2 is 0.711 bits per heavy atom. The lowest BCUT2D eigenvalue weighted by molar-refractivity contribution is -0.870. The highest BCUT2D eigenvalue weighted by atomic mass is 31.2. The molecule has 0 aliphatic carbocycles. The smallest absolute Gasteiger partial charge is 0.462 e. The Morgan fingerprint density at radius 1 is 0.408 bits per heavy atom. The van der Waals surface area contributed by atoms with Crippen LogP contribution in [-0.4, -0.2) is 74.9 Å². The van der Waals surface area contributed by atoms with Crippen LogP contribution in [-0.2, 0) is 32.7 Å². The van der Waals surface area contributed by atoms with E-state index in [0.29, 0.717) is 17.4 Å². The van der Waals surface area contributed by atoms with Crippen LogP contribution >= 0.6 is 7.82 Å². The Labute approximate surface area is 467 Å². The molecule has 0 radical (unpaired) electrons. The van der Waals surface area contributed by atoms with Crippen molar-refractivity contribution >= 4 is 19.8 Å². The zero-order valence-corrected chi connectivity index (χ0v) is 50.1. The molecular weight excluding hydrogens is 966 g/mol. The summed E-state index contributed by atoms with van der Waals surface area (Å²) in [6.45, 7) is 4.19. The molecule has 0 rings (SSSR count). The van der Waals surface area contributed by atoms with Crippen molar-refractivity contribution < 1.29 is 42.1 Å². The van der Waals surface area contributed by atoms with E-state index in [0.717, 1.165) is 116 Å². The minimum absolute atomic E-state index is 0.0245. The van der Waals surface area contributed by atoms with Crippen LogP contribution in [0.25, 0.3) is 0 Å². The van der Waals surface area contributed by atoms with Gasteiger partial charge in [-0.25, -0.2) is 4.57 Å². The molecule has 1 N–H and O–H groups in total. The summed E-state index contributed by atoms with van der Waals surface area (Å²) in [5, 5.41) is 0. The SMILES string of the molecule is CC/C=C\C/C=C\C/C=C\C/C=C\C/C=C\C/C=C\C/C=C\CCCCCCCCCCCCCCCC(=O)OC(COC(=O)CCCCCCCCC/C=C\C/C=C\C/C=C\CC)COP(=O)(O)OCC[N+](C)(C)C. The molecule has 0 aliphatic rings. The molecule has 76 heavy (non-hydrogen) atoms. The maximum absolute atomic E-state index is 12.8. The van der Waals surface area contributed by atoms with Crippen LogP contribution < -0.4 is 0 Å². The Morgan fingerprint density at radius 3 is 1.05 bits per heavy atom. The van der Waals surface area contributed by atoms with E-state index < -0.39 is 26.5 Å². The van der Waals surface area contributed by atoms with Gasteiger partial charge in [0.15, 0.2) is 6.10 Å². The fourth-order valence-electron chi connectivity index (χ4n) is 7.89. The summed E-state index contributed by atoms with van der Waals surface area (Å²) in [6, 6.07) is 0. The zero-order valence-electron chi connectivity index (χ0n) is 49.2. The van der Waals surface area contributed by atoms with Crippen LogP contribution in [0.3, 0.4) is 0 Å². The van der Waals surface area contributed by atoms with E-state index in [-0.39, 0.29) is 32.0 Å². The average Bonchev–Trinajstić information content (AvgIpc) is 3.38.